The van der Waals surface area contributed by atoms with Crippen LogP contribution in [0.25, 0.3) is 22.8 Å². The highest BCUT2D eigenvalue weighted by molar-refractivity contribution is 5.72. The molecule has 3 heterocycles. The number of nitro groups is 1. The Morgan fingerprint density at radius 1 is 1.12 bits per heavy atom. The van der Waals surface area contributed by atoms with Gasteiger partial charge in [0.2, 0.25) is 5.82 Å². The maximum absolute atomic E-state index is 11.6. The lowest BCUT2D eigenvalue weighted by molar-refractivity contribution is -0.384. The fourth-order valence-corrected chi connectivity index (χ4v) is 3.16. The summed E-state index contributed by atoms with van der Waals surface area (Å²) >= 11 is 0. The minimum Gasteiger partial charge on any atom is -0.366 e. The number of nitro benzene ring substituents is 1. The Labute approximate surface area is 149 Å². The van der Waals surface area contributed by atoms with Crippen molar-refractivity contribution < 1.29 is 9.45 Å². The second-order valence-electron chi connectivity index (χ2n) is 6.17. The summed E-state index contributed by atoms with van der Waals surface area (Å²) < 4.78 is 5.27. The quantitative estimate of drug-likeness (QED) is 0.522. The fraction of sp³-hybridized carbons (Fsp3) is 0.278. The largest absolute Gasteiger partial charge is 0.366 e. The molecule has 0 amide bonds. The Kier molecular flexibility index (Phi) is 4.30. The predicted octanol–water partition coefficient (Wildman–Crippen LogP) is 3.70. The minimum absolute atomic E-state index is 0.0668. The number of hydrogen-bond donors (Lipinski definition) is 0. The van der Waals surface area contributed by atoms with Gasteiger partial charge in [0, 0.05) is 37.1 Å². The van der Waals surface area contributed by atoms with Gasteiger partial charge in [-0.1, -0.05) is 5.16 Å². The molecule has 1 fully saturated rings. The van der Waals surface area contributed by atoms with E-state index >= 15 is 0 Å². The van der Waals surface area contributed by atoms with Gasteiger partial charge >= 0.3 is 0 Å². The van der Waals surface area contributed by atoms with Crippen LogP contribution in [0, 0.1) is 10.1 Å². The predicted molar refractivity (Wildman–Crippen MR) is 95.7 cm³/mol. The molecular formula is C18H17N5O3. The summed E-state index contributed by atoms with van der Waals surface area (Å²) in [7, 11) is 0. The third-order valence-corrected chi connectivity index (χ3v) is 4.46. The third-order valence-electron chi connectivity index (χ3n) is 4.46. The molecule has 0 radical (unpaired) electrons. The third kappa shape index (κ3) is 3.13. The van der Waals surface area contributed by atoms with Crippen molar-refractivity contribution in [3.05, 3.63) is 52.8 Å². The molecule has 3 aromatic rings. The number of nitrogens with zero attached hydrogens (tertiary/aromatic N) is 5. The number of hydrogen-bond acceptors (Lipinski definition) is 7. The lowest BCUT2D eigenvalue weighted by Crippen LogP contribution is -2.29. The Hall–Kier alpha value is -3.29. The molecule has 132 valence electrons. The zero-order valence-corrected chi connectivity index (χ0v) is 14.0. The van der Waals surface area contributed by atoms with E-state index in [1.807, 2.05) is 6.07 Å². The molecule has 0 unspecified atom stereocenters. The first-order chi connectivity index (χ1) is 12.7. The van der Waals surface area contributed by atoms with E-state index in [4.69, 9.17) is 4.52 Å². The van der Waals surface area contributed by atoms with E-state index in [2.05, 4.69) is 20.0 Å². The van der Waals surface area contributed by atoms with Crippen LogP contribution in [0.4, 0.5) is 11.4 Å². The van der Waals surface area contributed by atoms with Gasteiger partial charge < -0.3 is 9.42 Å². The lowest BCUT2D eigenvalue weighted by Gasteiger charge is -2.28. The monoisotopic (exact) mass is 351 g/mol. The summed E-state index contributed by atoms with van der Waals surface area (Å²) in [4.78, 5) is 21.7. The van der Waals surface area contributed by atoms with Gasteiger partial charge in [-0.2, -0.15) is 4.98 Å². The maximum Gasteiger partial charge on any atom is 0.293 e. The van der Waals surface area contributed by atoms with Crippen molar-refractivity contribution in [2.45, 2.75) is 19.3 Å². The second kappa shape index (κ2) is 6.91. The number of aromatic nitrogens is 3. The molecule has 8 nitrogen and oxygen atoms in total. The SMILES string of the molecule is O=[N+]([O-])c1cc(-c2noc(-c3cccnc3)n2)ccc1N1CCCCC1. The lowest BCUT2D eigenvalue weighted by atomic mass is 10.1. The number of anilines is 1. The molecule has 8 heteroatoms. The molecule has 0 N–H and O–H groups in total. The molecule has 0 aliphatic carbocycles. The van der Waals surface area contributed by atoms with Crippen molar-refractivity contribution >= 4 is 11.4 Å². The van der Waals surface area contributed by atoms with Crippen LogP contribution in [-0.2, 0) is 0 Å². The average molecular weight is 351 g/mol. The molecule has 1 aliphatic heterocycles. The van der Waals surface area contributed by atoms with Gasteiger partial charge in [-0.3, -0.25) is 15.1 Å². The van der Waals surface area contributed by atoms with Crippen LogP contribution in [0.3, 0.4) is 0 Å². The van der Waals surface area contributed by atoms with E-state index < -0.39 is 0 Å². The van der Waals surface area contributed by atoms with E-state index in [1.165, 1.54) is 12.5 Å². The van der Waals surface area contributed by atoms with Gasteiger partial charge in [-0.05, 0) is 43.5 Å². The van der Waals surface area contributed by atoms with E-state index in [0.29, 0.717) is 28.5 Å². The highest BCUT2D eigenvalue weighted by Gasteiger charge is 2.23. The van der Waals surface area contributed by atoms with E-state index in [9.17, 15) is 10.1 Å². The number of pyridine rings is 1. The van der Waals surface area contributed by atoms with Gasteiger partial charge in [0.05, 0.1) is 10.5 Å². The smallest absolute Gasteiger partial charge is 0.293 e. The molecule has 0 saturated carbocycles. The van der Waals surface area contributed by atoms with E-state index in [1.54, 1.807) is 30.6 Å². The summed E-state index contributed by atoms with van der Waals surface area (Å²) in [5, 5.41) is 15.5. The zero-order chi connectivity index (χ0) is 17.9. The van der Waals surface area contributed by atoms with Crippen molar-refractivity contribution in [1.82, 2.24) is 15.1 Å². The van der Waals surface area contributed by atoms with Crippen molar-refractivity contribution in [3.63, 3.8) is 0 Å². The van der Waals surface area contributed by atoms with Gasteiger partial charge in [-0.15, -0.1) is 0 Å². The van der Waals surface area contributed by atoms with Crippen molar-refractivity contribution in [3.8, 4) is 22.8 Å². The maximum atomic E-state index is 11.6. The number of rotatable bonds is 4. The minimum atomic E-state index is -0.352. The summed E-state index contributed by atoms with van der Waals surface area (Å²) in [5.41, 5.74) is 1.97. The number of benzene rings is 1. The Balaban J connectivity index is 1.68. The van der Waals surface area contributed by atoms with Crippen LogP contribution in [-0.4, -0.2) is 33.1 Å². The molecule has 26 heavy (non-hydrogen) atoms. The molecule has 0 bridgehead atoms. The molecular weight excluding hydrogens is 334 g/mol. The molecule has 1 saturated heterocycles. The molecule has 2 aromatic heterocycles. The first kappa shape index (κ1) is 16.2. The Morgan fingerprint density at radius 3 is 2.69 bits per heavy atom. The summed E-state index contributed by atoms with van der Waals surface area (Å²) in [6.07, 6.45) is 6.56. The van der Waals surface area contributed by atoms with Crippen LogP contribution in [0.1, 0.15) is 19.3 Å². The number of piperidine rings is 1. The van der Waals surface area contributed by atoms with Crippen molar-refractivity contribution in [2.75, 3.05) is 18.0 Å². The van der Waals surface area contributed by atoms with Crippen molar-refractivity contribution in [1.29, 1.82) is 0 Å². The van der Waals surface area contributed by atoms with Crippen LogP contribution < -0.4 is 4.90 Å². The standard InChI is InChI=1S/C18H17N5O3/c24-23(25)16-11-13(6-7-15(16)22-9-2-1-3-10-22)17-20-18(26-21-17)14-5-4-8-19-12-14/h4-8,11-12H,1-3,9-10H2. The van der Waals surface area contributed by atoms with Gasteiger partial charge in [0.1, 0.15) is 5.69 Å². The highest BCUT2D eigenvalue weighted by Crippen LogP contribution is 2.34. The molecule has 1 aliphatic rings. The van der Waals surface area contributed by atoms with Crippen molar-refractivity contribution in [2.24, 2.45) is 0 Å². The van der Waals surface area contributed by atoms with Crippen LogP contribution in [0.15, 0.2) is 47.2 Å². The molecule has 0 spiro atoms. The zero-order valence-electron chi connectivity index (χ0n) is 14.0. The van der Waals surface area contributed by atoms with Gasteiger partial charge in [0.25, 0.3) is 11.6 Å². The Morgan fingerprint density at radius 2 is 1.96 bits per heavy atom. The molecule has 0 atom stereocenters. The second-order valence-corrected chi connectivity index (χ2v) is 6.17. The first-order valence-corrected chi connectivity index (χ1v) is 8.50. The molecule has 4 rings (SSSR count). The molecule has 1 aromatic carbocycles. The van der Waals surface area contributed by atoms with Crippen LogP contribution >= 0.6 is 0 Å². The van der Waals surface area contributed by atoms with E-state index in [0.717, 1.165) is 25.9 Å². The summed E-state index contributed by atoms with van der Waals surface area (Å²) in [6.45, 7) is 1.68. The first-order valence-electron chi connectivity index (χ1n) is 8.50. The highest BCUT2D eigenvalue weighted by atomic mass is 16.6. The summed E-state index contributed by atoms with van der Waals surface area (Å²) in [5.74, 6) is 0.646. The average Bonchev–Trinajstić information content (AvgIpc) is 3.19. The Bertz CT molecular complexity index is 920. The summed E-state index contributed by atoms with van der Waals surface area (Å²) in [6, 6.07) is 8.68. The normalized spacial score (nSPS) is 14.4. The van der Waals surface area contributed by atoms with Gasteiger partial charge in [-0.25, -0.2) is 0 Å². The van der Waals surface area contributed by atoms with E-state index in [-0.39, 0.29) is 10.6 Å². The van der Waals surface area contributed by atoms with Gasteiger partial charge in [0.15, 0.2) is 0 Å². The topological polar surface area (TPSA) is 98.2 Å². The van der Waals surface area contributed by atoms with Crippen LogP contribution in [0.2, 0.25) is 0 Å². The fourth-order valence-electron chi connectivity index (χ4n) is 3.16. The van der Waals surface area contributed by atoms with Crippen LogP contribution in [0.5, 0.6) is 0 Å².